The molecule has 20 N–H and O–H groups in total. The van der Waals surface area contributed by atoms with E-state index in [-0.39, 0.29) is 130 Å². The van der Waals surface area contributed by atoms with Crippen molar-refractivity contribution in [3.63, 3.8) is 0 Å². The highest BCUT2D eigenvalue weighted by Crippen LogP contribution is 2.40. The molecule has 145 heavy (non-hydrogen) atoms. The van der Waals surface area contributed by atoms with Crippen LogP contribution in [0.2, 0.25) is 10.0 Å². The fourth-order valence-corrected chi connectivity index (χ4v) is 18.4. The number of alkyl halides is 2. The summed E-state index contributed by atoms with van der Waals surface area (Å²) in [4.78, 5) is 137. The standard InChI is InChI=1S/C22H21F2N3O4.C22H20N4O3.C21H19Cl2N3O3.2C21H20FN3O3/c23-22(24)31-13-7-5-12(6-8-13)19-15(14-3-1-2-4-16(14)26-19)9-10-18(29)27-20-17(28)11-25-21(20)30;23-11-13-5-7-14(8-6-13)20-16(15-3-1-2-4-17(15)25-20)9-10-19(28)26-21-18(27)12-24-22(21)29;22-12-6-4-11(5-7-12)18-14(13-2-1-3-15(23)19(13)26-18)8-9-17(28)25-20-16(27)10-24-21(20)29;22-14-7-4-8-15-18(14)13(19(24-15)12-5-2-1-3-6-12)9-10-17(27)25-20-16(26)11-23-21(20)28;22-13-7-5-12(6-8-13)19-15(14-3-1-2-4-16(14)24-19)9-10-18(27)25-20-17(26)11-23-21(20)28/h1-8,17,20,22,26,28H,9-11H2,(H,25,30)(H,27,29);1-8,18,21,25,27H,9-10,12H2,(H,24,29)(H,26,28);1-7,16,20,26-27H,8-10H2,(H,24,29)(H,25,28);1-8,16,20,24,26H,9-11H2,(H,23,28)(H,25,27);1-8,17,20,24,26H,9-11H2,(H,23,28)(H,25,27)/t17-,20+;18-,21+;2*16-,20+;17-,20+/m11110/s1/i;;;;5D,6D,7D,8D. The van der Waals surface area contributed by atoms with Gasteiger partial charge in [-0.15, -0.1) is 0 Å². The SMILES string of the molecule is N#Cc1ccc(-c2[nH]c3ccccc3c2CCC(=O)N[C@@H]2C(=O)NC[C@H]2O)cc1.O=C(CCc1c(-c2ccc(Cl)cc2)[nH]c2c(Cl)cccc12)N[C@@H]1C(=O)NC[C@H]1O.O=C(CCc1c(-c2ccc(OC(F)F)cc2)[nH]c2ccccc12)N[C@@H]1C(=O)NC[C@H]1O.O=C(CCc1c(-c2ccccc2)[nH]c2cccc(F)c12)N[C@@H]1C(=O)NC[C@H]1O.[2H]c1c([2H])c(-c2[nH]c3ccccc3c2CCC(=O)N[C@H]2C(=O)NC[C@@H]2O)c([2H])c([2H])c1F. The van der Waals surface area contributed by atoms with E-state index in [0.717, 1.165) is 99.8 Å². The largest absolute Gasteiger partial charge is 0.435 e. The molecular formula is C107H100Cl2F4N16O16. The van der Waals surface area contributed by atoms with E-state index in [1.165, 1.54) is 18.2 Å². The minimum atomic E-state index is -2.89. The number of carbonyl (C=O) groups is 10. The van der Waals surface area contributed by atoms with Crippen molar-refractivity contribution in [3.8, 4) is 68.1 Å². The van der Waals surface area contributed by atoms with Crippen molar-refractivity contribution in [1.82, 2.24) is 78.1 Å². The number of β-amino-alcohol motifs (C(OH)–C–C–N with tert-alkyl or cyclic N) is 5. The Morgan fingerprint density at radius 3 is 1.06 bits per heavy atom. The van der Waals surface area contributed by atoms with E-state index >= 15 is 0 Å². The Kier molecular flexibility index (Phi) is 30.9. The van der Waals surface area contributed by atoms with Crippen molar-refractivity contribution in [2.45, 2.75) is 132 Å². The lowest BCUT2D eigenvalue weighted by molar-refractivity contribution is -0.128. The van der Waals surface area contributed by atoms with Gasteiger partial charge in [0.15, 0.2) is 0 Å². The number of aromatic nitrogens is 5. The average molecular weight is 2020 g/mol. The number of aliphatic hydroxyl groups excluding tert-OH is 5. The number of ether oxygens (including phenoxy) is 1. The predicted molar refractivity (Wildman–Crippen MR) is 536 cm³/mol. The van der Waals surface area contributed by atoms with Crippen LogP contribution in [0.4, 0.5) is 17.6 Å². The van der Waals surface area contributed by atoms with Crippen LogP contribution in [0.25, 0.3) is 111 Å². The molecule has 38 heteroatoms. The molecule has 20 rings (SSSR count). The molecule has 5 aromatic heterocycles. The number of amides is 10. The first kappa shape index (κ1) is 96.5. The van der Waals surface area contributed by atoms with E-state index in [9.17, 15) is 91.0 Å². The maximum Gasteiger partial charge on any atom is 0.387 e. The number of fused-ring (bicyclic) bond motifs is 5. The number of hydrogen-bond donors (Lipinski definition) is 20. The van der Waals surface area contributed by atoms with Gasteiger partial charge < -0.3 is 108 Å². The molecule has 0 spiro atoms. The number of para-hydroxylation sites is 4. The number of nitrogens with one attached hydrogen (secondary N) is 15. The first-order valence-corrected chi connectivity index (χ1v) is 47.2. The summed E-state index contributed by atoms with van der Waals surface area (Å²) < 4.78 is 89.8. The van der Waals surface area contributed by atoms with Crippen LogP contribution in [0.1, 0.15) is 71.0 Å². The number of hydrogen-bond acceptors (Lipinski definition) is 17. The van der Waals surface area contributed by atoms with Crippen molar-refractivity contribution in [2.24, 2.45) is 0 Å². The quantitative estimate of drug-likeness (QED) is 0.0213. The molecule has 0 radical (unpaired) electrons. The molecule has 15 aromatic rings. The van der Waals surface area contributed by atoms with Crippen molar-refractivity contribution in [3.05, 3.63) is 292 Å². The molecule has 5 fully saturated rings. The fourth-order valence-electron chi connectivity index (χ4n) is 18.0. The molecule has 0 unspecified atom stereocenters. The number of nitrogens with zero attached hydrogens (tertiary/aromatic N) is 1. The average Bonchev–Trinajstić information content (AvgIpc) is 1.65. The Morgan fingerprint density at radius 2 is 0.683 bits per heavy atom. The van der Waals surface area contributed by atoms with Crippen molar-refractivity contribution in [2.75, 3.05) is 32.7 Å². The van der Waals surface area contributed by atoms with Crippen molar-refractivity contribution in [1.29, 1.82) is 5.26 Å². The lowest BCUT2D eigenvalue weighted by atomic mass is 10.00. The Bertz CT molecular complexity index is 7610. The summed E-state index contributed by atoms with van der Waals surface area (Å²) in [6, 6.07) is 58.4. The van der Waals surface area contributed by atoms with E-state index in [1.807, 2.05) is 121 Å². The third-order valence-corrected chi connectivity index (χ3v) is 25.8. The maximum absolute atomic E-state index is 14.5. The molecule has 0 bridgehead atoms. The minimum absolute atomic E-state index is 0.0594. The molecule has 5 aliphatic rings. The molecule has 10 heterocycles. The van der Waals surface area contributed by atoms with Crippen molar-refractivity contribution >= 4 is 137 Å². The second-order valence-electron chi connectivity index (χ2n) is 34.8. The first-order chi connectivity index (χ1) is 71.7. The zero-order chi connectivity index (χ0) is 106. The highest BCUT2D eigenvalue weighted by molar-refractivity contribution is 6.35. The predicted octanol–water partition coefficient (Wildman–Crippen LogP) is 10.8. The van der Waals surface area contributed by atoms with Gasteiger partial charge in [0, 0.05) is 147 Å². The van der Waals surface area contributed by atoms with Gasteiger partial charge >= 0.3 is 6.61 Å². The molecule has 0 aliphatic carbocycles. The van der Waals surface area contributed by atoms with Crippen LogP contribution in [0.15, 0.2) is 236 Å². The summed E-state index contributed by atoms with van der Waals surface area (Å²) >= 11 is 12.4. The normalized spacial score (nSPS) is 19.1. The lowest BCUT2D eigenvalue weighted by Crippen LogP contribution is -2.45. The van der Waals surface area contributed by atoms with Crippen molar-refractivity contribution < 1.29 is 101 Å². The zero-order valence-electron chi connectivity index (χ0n) is 81.1. The highest BCUT2D eigenvalue weighted by atomic mass is 35.5. The van der Waals surface area contributed by atoms with E-state index in [4.69, 9.17) is 33.9 Å². The summed E-state index contributed by atoms with van der Waals surface area (Å²) in [7, 11) is 0. The number of aryl methyl sites for hydroxylation is 5. The van der Waals surface area contributed by atoms with Gasteiger partial charge in [0.1, 0.15) is 78.1 Å². The van der Waals surface area contributed by atoms with Gasteiger partial charge in [-0.05, 0) is 197 Å². The van der Waals surface area contributed by atoms with Gasteiger partial charge in [-0.25, -0.2) is 8.78 Å². The molecular weight excluding hydrogens is 1910 g/mol. The molecule has 10 atom stereocenters. The number of carbonyl (C=O) groups excluding carboxylic acids is 10. The molecule has 0 saturated carbocycles. The summed E-state index contributed by atoms with van der Waals surface area (Å²) in [6.07, 6.45) is -2.55. The smallest absolute Gasteiger partial charge is 0.387 e. The Balaban J connectivity index is 0.000000133. The van der Waals surface area contributed by atoms with Crippen LogP contribution in [0.3, 0.4) is 0 Å². The number of H-pyrrole nitrogens is 5. The van der Waals surface area contributed by atoms with Crippen LogP contribution in [-0.2, 0) is 80.0 Å². The van der Waals surface area contributed by atoms with E-state index in [1.54, 1.807) is 72.8 Å². The number of aromatic amines is 5. The van der Waals surface area contributed by atoms with Gasteiger partial charge in [-0.3, -0.25) is 47.9 Å². The highest BCUT2D eigenvalue weighted by Gasteiger charge is 2.40. The monoisotopic (exact) mass is 2010 g/mol. The van der Waals surface area contributed by atoms with Crippen LogP contribution >= 0.6 is 23.2 Å². The topological polar surface area (TPSA) is 504 Å². The first-order valence-electron chi connectivity index (χ1n) is 48.4. The third-order valence-electron chi connectivity index (χ3n) is 25.3. The molecule has 746 valence electrons. The van der Waals surface area contributed by atoms with Gasteiger partial charge in [-0.2, -0.15) is 14.0 Å². The lowest BCUT2D eigenvalue weighted by Gasteiger charge is -2.14. The Morgan fingerprint density at radius 1 is 0.372 bits per heavy atom. The van der Waals surface area contributed by atoms with Crippen LogP contribution < -0.4 is 57.9 Å². The number of rotatable bonds is 27. The van der Waals surface area contributed by atoms with Crippen LogP contribution in [0, 0.1) is 23.0 Å². The molecule has 5 aliphatic heterocycles. The van der Waals surface area contributed by atoms with Gasteiger partial charge in [0.05, 0.1) is 27.7 Å². The number of halogens is 6. The maximum atomic E-state index is 14.5. The summed E-state index contributed by atoms with van der Waals surface area (Å²) in [5.74, 6) is -5.30. The molecule has 5 saturated heterocycles. The van der Waals surface area contributed by atoms with E-state index in [2.05, 4.69) is 88.9 Å². The summed E-state index contributed by atoms with van der Waals surface area (Å²) in [5.41, 5.74) is 15.7. The molecule has 10 amide bonds. The number of benzene rings is 10. The number of nitriles is 1. The van der Waals surface area contributed by atoms with Gasteiger partial charge in [0.25, 0.3) is 0 Å². The van der Waals surface area contributed by atoms with Crippen LogP contribution in [0.5, 0.6) is 5.75 Å². The summed E-state index contributed by atoms with van der Waals surface area (Å²) in [5, 5.41) is 88.8. The number of aliphatic hydroxyl groups is 5. The third kappa shape index (κ3) is 24.3. The Labute approximate surface area is 840 Å². The second-order valence-corrected chi connectivity index (χ2v) is 35.6. The minimum Gasteiger partial charge on any atom is -0.435 e. The zero-order valence-corrected chi connectivity index (χ0v) is 78.6. The van der Waals surface area contributed by atoms with Gasteiger partial charge in [0.2, 0.25) is 59.1 Å². The molecule has 32 nitrogen and oxygen atoms in total. The second kappa shape index (κ2) is 46.4. The fraction of sp³-hybridized carbons (Fsp3) is 0.243. The van der Waals surface area contributed by atoms with E-state index < -0.39 is 121 Å². The van der Waals surface area contributed by atoms with E-state index in [0.29, 0.717) is 68.8 Å². The van der Waals surface area contributed by atoms with Gasteiger partial charge in [-0.1, -0.05) is 151 Å². The van der Waals surface area contributed by atoms with Crippen LogP contribution in [-0.4, -0.2) is 210 Å². The molecule has 10 aromatic carbocycles. The Hall–Kier alpha value is -16.0. The summed E-state index contributed by atoms with van der Waals surface area (Å²) in [6.45, 7) is -2.31.